The summed E-state index contributed by atoms with van der Waals surface area (Å²) < 4.78 is 27.2. The third kappa shape index (κ3) is 3.13. The third-order valence-electron chi connectivity index (χ3n) is 4.17. The Hall–Kier alpha value is -1.28. The first-order chi connectivity index (χ1) is 11.3. The molecule has 0 unspecified atom stereocenters. The summed E-state index contributed by atoms with van der Waals surface area (Å²) in [6, 6.07) is 5.45. The van der Waals surface area contributed by atoms with Crippen LogP contribution in [0.2, 0.25) is 10.0 Å². The van der Waals surface area contributed by atoms with Gasteiger partial charge in [-0.05, 0) is 32.0 Å². The van der Waals surface area contributed by atoms with E-state index in [1.807, 2.05) is 6.07 Å². The number of piperazine rings is 1. The van der Waals surface area contributed by atoms with Gasteiger partial charge in [0.1, 0.15) is 4.90 Å². The maximum absolute atomic E-state index is 12.8. The molecule has 24 heavy (non-hydrogen) atoms. The number of halogens is 2. The first kappa shape index (κ1) is 17.5. The SMILES string of the molecule is Cc1n[nH]c(C)c1S(=O)(=O)N1CCN(c2ccc(Cl)c(Cl)c2)CC1. The number of benzene rings is 1. The summed E-state index contributed by atoms with van der Waals surface area (Å²) in [6.07, 6.45) is 0. The lowest BCUT2D eigenvalue weighted by atomic mass is 10.2. The second-order valence-corrected chi connectivity index (χ2v) is 8.44. The van der Waals surface area contributed by atoms with Crippen LogP contribution in [0.15, 0.2) is 23.1 Å². The smallest absolute Gasteiger partial charge is 0.246 e. The average molecular weight is 389 g/mol. The van der Waals surface area contributed by atoms with Gasteiger partial charge in [0, 0.05) is 31.9 Å². The van der Waals surface area contributed by atoms with Crippen LogP contribution in [-0.4, -0.2) is 49.1 Å². The van der Waals surface area contributed by atoms with Crippen LogP contribution in [0.3, 0.4) is 0 Å². The van der Waals surface area contributed by atoms with Gasteiger partial charge in [-0.1, -0.05) is 23.2 Å². The Balaban J connectivity index is 1.76. The number of nitrogens with zero attached hydrogens (tertiary/aromatic N) is 3. The highest BCUT2D eigenvalue weighted by Crippen LogP contribution is 2.29. The molecule has 1 aliphatic heterocycles. The van der Waals surface area contributed by atoms with E-state index in [1.165, 1.54) is 4.31 Å². The van der Waals surface area contributed by atoms with Gasteiger partial charge in [0.05, 0.1) is 21.4 Å². The fourth-order valence-corrected chi connectivity index (χ4v) is 4.96. The van der Waals surface area contributed by atoms with E-state index in [2.05, 4.69) is 15.1 Å². The number of hydrogen-bond acceptors (Lipinski definition) is 4. The van der Waals surface area contributed by atoms with Crippen LogP contribution in [0.25, 0.3) is 0 Å². The number of sulfonamides is 1. The van der Waals surface area contributed by atoms with Crippen LogP contribution in [0, 0.1) is 13.8 Å². The van der Waals surface area contributed by atoms with Crippen molar-refractivity contribution >= 4 is 38.9 Å². The van der Waals surface area contributed by atoms with Crippen molar-refractivity contribution in [2.45, 2.75) is 18.7 Å². The lowest BCUT2D eigenvalue weighted by molar-refractivity contribution is 0.384. The molecule has 2 heterocycles. The predicted octanol–water partition coefficient (Wildman–Crippen LogP) is 2.84. The van der Waals surface area contributed by atoms with E-state index in [4.69, 9.17) is 23.2 Å². The molecular weight excluding hydrogens is 371 g/mol. The zero-order chi connectivity index (χ0) is 17.5. The van der Waals surface area contributed by atoms with Crippen LogP contribution in [0.4, 0.5) is 5.69 Å². The summed E-state index contributed by atoms with van der Waals surface area (Å²) in [6.45, 7) is 5.42. The summed E-state index contributed by atoms with van der Waals surface area (Å²) in [7, 11) is -3.53. The maximum Gasteiger partial charge on any atom is 0.246 e. The van der Waals surface area contributed by atoms with E-state index < -0.39 is 10.0 Å². The number of nitrogens with one attached hydrogen (secondary N) is 1. The summed E-state index contributed by atoms with van der Waals surface area (Å²) in [5.74, 6) is 0. The van der Waals surface area contributed by atoms with E-state index >= 15 is 0 Å². The van der Waals surface area contributed by atoms with Gasteiger partial charge < -0.3 is 4.90 Å². The van der Waals surface area contributed by atoms with Gasteiger partial charge in [-0.3, -0.25) is 5.10 Å². The molecule has 1 aliphatic rings. The highest BCUT2D eigenvalue weighted by atomic mass is 35.5. The molecule has 1 aromatic heterocycles. The van der Waals surface area contributed by atoms with Crippen LogP contribution >= 0.6 is 23.2 Å². The molecule has 0 aliphatic carbocycles. The van der Waals surface area contributed by atoms with Gasteiger partial charge in [-0.15, -0.1) is 0 Å². The molecule has 0 radical (unpaired) electrons. The van der Waals surface area contributed by atoms with Gasteiger partial charge in [0.15, 0.2) is 0 Å². The monoisotopic (exact) mass is 388 g/mol. The van der Waals surface area contributed by atoms with Crippen LogP contribution in [-0.2, 0) is 10.0 Å². The number of aryl methyl sites for hydroxylation is 2. The summed E-state index contributed by atoms with van der Waals surface area (Å²) in [5, 5.41) is 7.73. The molecule has 130 valence electrons. The first-order valence-corrected chi connectivity index (χ1v) is 9.72. The van der Waals surface area contributed by atoms with Crippen molar-refractivity contribution in [1.29, 1.82) is 0 Å². The Morgan fingerprint density at radius 2 is 1.75 bits per heavy atom. The molecule has 0 bridgehead atoms. The molecule has 0 atom stereocenters. The largest absolute Gasteiger partial charge is 0.369 e. The van der Waals surface area contributed by atoms with Gasteiger partial charge >= 0.3 is 0 Å². The third-order valence-corrected chi connectivity index (χ3v) is 7.07. The lowest BCUT2D eigenvalue weighted by Gasteiger charge is -2.35. The molecule has 9 heteroatoms. The Kier molecular flexibility index (Phi) is 4.79. The van der Waals surface area contributed by atoms with Crippen LogP contribution in [0.5, 0.6) is 0 Å². The Morgan fingerprint density at radius 1 is 1.08 bits per heavy atom. The molecule has 1 fully saturated rings. The number of rotatable bonds is 3. The molecule has 0 spiro atoms. The summed E-state index contributed by atoms with van der Waals surface area (Å²) >= 11 is 12.0. The minimum absolute atomic E-state index is 0.283. The molecule has 2 aromatic rings. The first-order valence-electron chi connectivity index (χ1n) is 7.52. The van der Waals surface area contributed by atoms with Crippen LogP contribution in [0.1, 0.15) is 11.4 Å². The molecule has 3 rings (SSSR count). The highest BCUT2D eigenvalue weighted by molar-refractivity contribution is 7.89. The second-order valence-electron chi connectivity index (χ2n) is 5.75. The highest BCUT2D eigenvalue weighted by Gasteiger charge is 2.32. The molecule has 1 saturated heterocycles. The van der Waals surface area contributed by atoms with E-state index in [-0.39, 0.29) is 4.90 Å². The van der Waals surface area contributed by atoms with Crippen molar-refractivity contribution in [3.05, 3.63) is 39.6 Å². The molecule has 1 N–H and O–H groups in total. The standard InChI is InChI=1S/C15H18Cl2N4O2S/c1-10-15(11(2)19-18-10)24(22,23)21-7-5-20(6-8-21)12-3-4-13(16)14(17)9-12/h3-4,9H,5-8H2,1-2H3,(H,18,19). The normalized spacial score (nSPS) is 16.6. The molecule has 1 aromatic carbocycles. The Bertz CT molecular complexity index is 839. The summed E-state index contributed by atoms with van der Waals surface area (Å²) in [5.41, 5.74) is 2.01. The molecule has 0 saturated carbocycles. The van der Waals surface area contributed by atoms with Gasteiger partial charge in [0.25, 0.3) is 0 Å². The number of aromatic amines is 1. The van der Waals surface area contributed by atoms with Crippen molar-refractivity contribution in [2.75, 3.05) is 31.1 Å². The van der Waals surface area contributed by atoms with Gasteiger partial charge in [-0.2, -0.15) is 9.40 Å². The minimum atomic E-state index is -3.53. The summed E-state index contributed by atoms with van der Waals surface area (Å²) in [4.78, 5) is 2.38. The Morgan fingerprint density at radius 3 is 2.29 bits per heavy atom. The lowest BCUT2D eigenvalue weighted by Crippen LogP contribution is -2.48. The Labute approximate surface area is 151 Å². The van der Waals surface area contributed by atoms with Gasteiger partial charge in [0.2, 0.25) is 10.0 Å². The fourth-order valence-electron chi connectivity index (χ4n) is 2.92. The maximum atomic E-state index is 12.8. The van der Waals surface area contributed by atoms with E-state index in [1.54, 1.807) is 26.0 Å². The van der Waals surface area contributed by atoms with E-state index in [0.717, 1.165) is 5.69 Å². The molecule has 0 amide bonds. The number of aromatic nitrogens is 2. The van der Waals surface area contributed by atoms with Gasteiger partial charge in [-0.25, -0.2) is 8.42 Å². The quantitative estimate of drug-likeness (QED) is 0.877. The van der Waals surface area contributed by atoms with Crippen LogP contribution < -0.4 is 4.90 Å². The molecular formula is C15H18Cl2N4O2S. The minimum Gasteiger partial charge on any atom is -0.369 e. The van der Waals surface area contributed by atoms with E-state index in [9.17, 15) is 8.42 Å². The predicted molar refractivity (Wildman–Crippen MR) is 95.5 cm³/mol. The number of H-pyrrole nitrogens is 1. The molecule has 6 nitrogen and oxygen atoms in total. The van der Waals surface area contributed by atoms with E-state index in [0.29, 0.717) is 47.6 Å². The second kappa shape index (κ2) is 6.55. The number of hydrogen-bond donors (Lipinski definition) is 1. The fraction of sp³-hybridized carbons (Fsp3) is 0.400. The van der Waals surface area contributed by atoms with Crippen molar-refractivity contribution < 1.29 is 8.42 Å². The zero-order valence-corrected chi connectivity index (χ0v) is 15.7. The number of anilines is 1. The van der Waals surface area contributed by atoms with Crippen molar-refractivity contribution in [2.24, 2.45) is 0 Å². The topological polar surface area (TPSA) is 69.3 Å². The zero-order valence-electron chi connectivity index (χ0n) is 13.4. The van der Waals surface area contributed by atoms with Crippen molar-refractivity contribution in [3.8, 4) is 0 Å². The van der Waals surface area contributed by atoms with Crippen molar-refractivity contribution in [3.63, 3.8) is 0 Å². The van der Waals surface area contributed by atoms with Crippen molar-refractivity contribution in [1.82, 2.24) is 14.5 Å². The average Bonchev–Trinajstić information content (AvgIpc) is 2.89.